The minimum atomic E-state index is 0.574. The maximum atomic E-state index is 5.49. The molecule has 0 aliphatic rings. The zero-order chi connectivity index (χ0) is 21.4. The van der Waals surface area contributed by atoms with E-state index in [1.54, 1.807) is 35.5 Å². The predicted molar refractivity (Wildman–Crippen MR) is 117 cm³/mol. The Kier molecular flexibility index (Phi) is 8.21. The van der Waals surface area contributed by atoms with Gasteiger partial charge >= 0.3 is 0 Å². The molecule has 0 N–H and O–H groups in total. The van der Waals surface area contributed by atoms with Gasteiger partial charge in [-0.05, 0) is 61.5 Å². The van der Waals surface area contributed by atoms with Crippen LogP contribution in [0.25, 0.3) is 12.2 Å². The average molecular weight is 402 g/mol. The lowest BCUT2D eigenvalue weighted by Gasteiger charge is -2.15. The first-order valence-electron chi connectivity index (χ1n) is 9.35. The van der Waals surface area contributed by atoms with Crippen molar-refractivity contribution >= 4 is 12.2 Å². The lowest BCUT2D eigenvalue weighted by molar-refractivity contribution is 0.324. The van der Waals surface area contributed by atoms with Crippen molar-refractivity contribution in [2.24, 2.45) is 0 Å². The summed E-state index contributed by atoms with van der Waals surface area (Å²) in [5, 5.41) is 0. The van der Waals surface area contributed by atoms with Crippen molar-refractivity contribution in [3.05, 3.63) is 41.0 Å². The zero-order valence-corrected chi connectivity index (χ0v) is 18.4. The highest BCUT2D eigenvalue weighted by Gasteiger charge is 2.13. The lowest BCUT2D eigenvalue weighted by Crippen LogP contribution is -2.15. The molecule has 0 saturated heterocycles. The van der Waals surface area contributed by atoms with E-state index in [9.17, 15) is 0 Å². The number of nitrogens with zero attached hydrogens (tertiary/aromatic N) is 1. The molecular weight excluding hydrogens is 370 g/mol. The SMILES string of the molecule is COc1cc(/C=C/c2cc(OC)c(OC)c(OC)c2)c(CCN(C)C)cc1OC. The van der Waals surface area contributed by atoms with Crippen LogP contribution in [0.15, 0.2) is 24.3 Å². The van der Waals surface area contributed by atoms with Crippen LogP contribution in [0.5, 0.6) is 28.7 Å². The summed E-state index contributed by atoms with van der Waals surface area (Å²) in [5.41, 5.74) is 3.19. The van der Waals surface area contributed by atoms with Gasteiger partial charge < -0.3 is 28.6 Å². The summed E-state index contributed by atoms with van der Waals surface area (Å²) in [6, 6.07) is 7.87. The fourth-order valence-corrected chi connectivity index (χ4v) is 3.04. The second-order valence-electron chi connectivity index (χ2n) is 6.75. The normalized spacial score (nSPS) is 11.0. The molecule has 2 aromatic carbocycles. The van der Waals surface area contributed by atoms with E-state index in [1.165, 1.54) is 5.56 Å². The number of rotatable bonds is 10. The number of hydrogen-bond acceptors (Lipinski definition) is 6. The fraction of sp³-hybridized carbons (Fsp3) is 0.391. The highest BCUT2D eigenvalue weighted by Crippen LogP contribution is 2.39. The van der Waals surface area contributed by atoms with Crippen molar-refractivity contribution in [3.63, 3.8) is 0 Å². The van der Waals surface area contributed by atoms with Crippen molar-refractivity contribution in [3.8, 4) is 28.7 Å². The number of ether oxygens (including phenoxy) is 5. The molecule has 29 heavy (non-hydrogen) atoms. The molecule has 0 saturated carbocycles. The van der Waals surface area contributed by atoms with Crippen molar-refractivity contribution in [2.75, 3.05) is 56.2 Å². The molecule has 2 aromatic rings. The van der Waals surface area contributed by atoms with Crippen LogP contribution in [0, 0.1) is 0 Å². The van der Waals surface area contributed by atoms with Gasteiger partial charge in [-0.2, -0.15) is 0 Å². The highest BCUT2D eigenvalue weighted by atomic mass is 16.5. The molecule has 0 aliphatic carbocycles. The third-order valence-corrected chi connectivity index (χ3v) is 4.62. The van der Waals surface area contributed by atoms with Gasteiger partial charge in [0, 0.05) is 6.54 Å². The van der Waals surface area contributed by atoms with E-state index >= 15 is 0 Å². The lowest BCUT2D eigenvalue weighted by atomic mass is 10.0. The minimum Gasteiger partial charge on any atom is -0.493 e. The molecule has 6 nitrogen and oxygen atoms in total. The van der Waals surface area contributed by atoms with E-state index in [0.29, 0.717) is 23.0 Å². The van der Waals surface area contributed by atoms with Crippen molar-refractivity contribution in [1.82, 2.24) is 4.90 Å². The quantitative estimate of drug-likeness (QED) is 0.561. The van der Waals surface area contributed by atoms with Crippen LogP contribution in [0.3, 0.4) is 0 Å². The highest BCUT2D eigenvalue weighted by molar-refractivity contribution is 5.75. The van der Waals surface area contributed by atoms with Crippen LogP contribution in [0.4, 0.5) is 0 Å². The van der Waals surface area contributed by atoms with E-state index < -0.39 is 0 Å². The molecule has 0 atom stereocenters. The molecule has 0 bridgehead atoms. The summed E-state index contributed by atoms with van der Waals surface area (Å²) in [6.45, 7) is 0.931. The van der Waals surface area contributed by atoms with Crippen LogP contribution in [-0.4, -0.2) is 61.1 Å². The summed E-state index contributed by atoms with van der Waals surface area (Å²) in [6.07, 6.45) is 4.97. The standard InChI is InChI=1S/C23H31NO5/c1-24(2)11-10-18-15-20(26-4)19(25-3)14-17(18)9-8-16-12-21(27-5)23(29-7)22(13-16)28-6/h8-9,12-15H,10-11H2,1-7H3/b9-8+. The van der Waals surface area contributed by atoms with Crippen LogP contribution in [0.2, 0.25) is 0 Å². The molecule has 0 unspecified atom stereocenters. The average Bonchev–Trinajstić information content (AvgIpc) is 2.74. The van der Waals surface area contributed by atoms with Crippen LogP contribution in [0.1, 0.15) is 16.7 Å². The maximum absolute atomic E-state index is 5.49. The summed E-state index contributed by atoms with van der Waals surface area (Å²) in [7, 11) is 12.2. The third kappa shape index (κ3) is 5.57. The van der Waals surface area contributed by atoms with Gasteiger partial charge in [-0.15, -0.1) is 0 Å². The molecule has 158 valence electrons. The van der Waals surface area contributed by atoms with E-state index in [-0.39, 0.29) is 0 Å². The van der Waals surface area contributed by atoms with Gasteiger partial charge in [-0.25, -0.2) is 0 Å². The van der Waals surface area contributed by atoms with Crippen molar-refractivity contribution in [2.45, 2.75) is 6.42 Å². The second-order valence-corrected chi connectivity index (χ2v) is 6.75. The Morgan fingerprint density at radius 3 is 1.72 bits per heavy atom. The van der Waals surface area contributed by atoms with Crippen molar-refractivity contribution < 1.29 is 23.7 Å². The molecule has 0 radical (unpaired) electrons. The molecule has 0 spiro atoms. The molecule has 0 aromatic heterocycles. The third-order valence-electron chi connectivity index (χ3n) is 4.62. The summed E-state index contributed by atoms with van der Waals surface area (Å²) < 4.78 is 27.3. The van der Waals surface area contributed by atoms with Crippen LogP contribution >= 0.6 is 0 Å². The summed E-state index contributed by atoms with van der Waals surface area (Å²) in [5.74, 6) is 3.24. The molecular formula is C23H31NO5. The van der Waals surface area contributed by atoms with Gasteiger partial charge in [0.2, 0.25) is 5.75 Å². The van der Waals surface area contributed by atoms with Gasteiger partial charge in [-0.3, -0.25) is 0 Å². The predicted octanol–water partition coefficient (Wildman–Crippen LogP) is 4.00. The van der Waals surface area contributed by atoms with Crippen LogP contribution in [-0.2, 0) is 6.42 Å². The van der Waals surface area contributed by atoms with Gasteiger partial charge in [0.25, 0.3) is 0 Å². The topological polar surface area (TPSA) is 49.4 Å². The van der Waals surface area contributed by atoms with E-state index in [4.69, 9.17) is 23.7 Å². The largest absolute Gasteiger partial charge is 0.493 e. The van der Waals surface area contributed by atoms with E-state index in [1.807, 2.05) is 30.3 Å². The Morgan fingerprint density at radius 2 is 1.24 bits per heavy atom. The van der Waals surface area contributed by atoms with E-state index in [2.05, 4.69) is 25.1 Å². The Balaban J connectivity index is 2.47. The first-order valence-corrected chi connectivity index (χ1v) is 9.35. The maximum Gasteiger partial charge on any atom is 0.203 e. The molecule has 0 heterocycles. The number of likely N-dealkylation sites (N-methyl/N-ethyl adjacent to an activating group) is 1. The molecule has 0 aliphatic heterocycles. The second kappa shape index (κ2) is 10.6. The molecule has 0 amide bonds. The van der Waals surface area contributed by atoms with Crippen molar-refractivity contribution in [1.29, 1.82) is 0 Å². The molecule has 6 heteroatoms. The van der Waals surface area contributed by atoms with Crippen LogP contribution < -0.4 is 23.7 Å². The number of benzene rings is 2. The fourth-order valence-electron chi connectivity index (χ4n) is 3.04. The Morgan fingerprint density at radius 1 is 0.690 bits per heavy atom. The van der Waals surface area contributed by atoms with Gasteiger partial charge in [-0.1, -0.05) is 12.2 Å². The summed E-state index contributed by atoms with van der Waals surface area (Å²) >= 11 is 0. The Labute approximate surface area is 173 Å². The minimum absolute atomic E-state index is 0.574. The molecule has 2 rings (SSSR count). The first kappa shape index (κ1) is 22.4. The Bertz CT molecular complexity index is 820. The van der Waals surface area contributed by atoms with Gasteiger partial charge in [0.1, 0.15) is 0 Å². The monoisotopic (exact) mass is 401 g/mol. The molecule has 0 fully saturated rings. The first-order chi connectivity index (χ1) is 14.0. The Hall–Kier alpha value is -2.86. The smallest absolute Gasteiger partial charge is 0.203 e. The van der Waals surface area contributed by atoms with Gasteiger partial charge in [0.15, 0.2) is 23.0 Å². The zero-order valence-electron chi connectivity index (χ0n) is 18.4. The number of methoxy groups -OCH3 is 5. The summed E-state index contributed by atoms with van der Waals surface area (Å²) in [4.78, 5) is 2.16. The van der Waals surface area contributed by atoms with Gasteiger partial charge in [0.05, 0.1) is 35.5 Å². The number of hydrogen-bond donors (Lipinski definition) is 0. The van der Waals surface area contributed by atoms with E-state index in [0.717, 1.165) is 29.8 Å².